The molecule has 0 fully saturated rings. The lowest BCUT2D eigenvalue weighted by Crippen LogP contribution is -2.30. The van der Waals surface area contributed by atoms with Crippen LogP contribution in [-0.2, 0) is 65.4 Å². The SMILES string of the molecule is CCCCCC/C=C\C=C/CCCCCCCC(=O)OC[C@H](COP(=O)(O)OC[C@@H](O)COP(=O)(O)OC[C@@H](COC(=O)CCCCCCC)OC(=O)CCCCCCCCCC)OC(=O)CCCCCCC/C=C\C=C/CCCCCC. The highest BCUT2D eigenvalue weighted by molar-refractivity contribution is 7.47. The average molecular weight is 1220 g/mol. The predicted molar refractivity (Wildman–Crippen MR) is 330 cm³/mol. The van der Waals surface area contributed by atoms with E-state index >= 15 is 0 Å². The zero-order valence-corrected chi connectivity index (χ0v) is 53.9. The number of allylic oxidation sites excluding steroid dienone is 8. The highest BCUT2D eigenvalue weighted by Gasteiger charge is 2.30. The molecule has 0 aliphatic rings. The van der Waals surface area contributed by atoms with Crippen molar-refractivity contribution in [2.45, 2.75) is 296 Å². The minimum absolute atomic E-state index is 0.0782. The molecule has 0 radical (unpaired) electrons. The third kappa shape index (κ3) is 57.8. The lowest BCUT2D eigenvalue weighted by molar-refractivity contribution is -0.161. The van der Waals surface area contributed by atoms with Crippen LogP contribution in [0.3, 0.4) is 0 Å². The van der Waals surface area contributed by atoms with Gasteiger partial charge in [0.15, 0.2) is 12.2 Å². The van der Waals surface area contributed by atoms with Crippen molar-refractivity contribution in [1.29, 1.82) is 0 Å². The maximum absolute atomic E-state index is 13.0. The van der Waals surface area contributed by atoms with Crippen LogP contribution in [0.4, 0.5) is 0 Å². The summed E-state index contributed by atoms with van der Waals surface area (Å²) < 4.78 is 67.6. The zero-order chi connectivity index (χ0) is 61.2. The maximum atomic E-state index is 13.0. The van der Waals surface area contributed by atoms with Gasteiger partial charge >= 0.3 is 39.5 Å². The quantitative estimate of drug-likeness (QED) is 0.0169. The Hall–Kier alpha value is -2.98. The van der Waals surface area contributed by atoms with E-state index in [2.05, 4.69) is 76.3 Å². The van der Waals surface area contributed by atoms with Crippen molar-refractivity contribution in [3.05, 3.63) is 48.6 Å². The summed E-state index contributed by atoms with van der Waals surface area (Å²) in [6.45, 7) is 4.64. The lowest BCUT2D eigenvalue weighted by Gasteiger charge is -2.21. The summed E-state index contributed by atoms with van der Waals surface area (Å²) in [5.41, 5.74) is 0. The van der Waals surface area contributed by atoms with Crippen molar-refractivity contribution in [1.82, 2.24) is 0 Å². The summed E-state index contributed by atoms with van der Waals surface area (Å²) >= 11 is 0. The molecule has 0 aromatic heterocycles. The summed E-state index contributed by atoms with van der Waals surface area (Å²) in [5, 5.41) is 10.5. The second-order valence-electron chi connectivity index (χ2n) is 21.8. The van der Waals surface area contributed by atoms with Crippen LogP contribution in [0, 0.1) is 0 Å². The van der Waals surface area contributed by atoms with Crippen LogP contribution in [0.2, 0.25) is 0 Å². The number of hydrogen-bond donors (Lipinski definition) is 3. The topological polar surface area (TPSA) is 237 Å². The van der Waals surface area contributed by atoms with Gasteiger partial charge in [0.05, 0.1) is 26.4 Å². The molecule has 0 amide bonds. The first-order valence-corrected chi connectivity index (χ1v) is 35.4. The van der Waals surface area contributed by atoms with E-state index in [0.29, 0.717) is 25.7 Å². The van der Waals surface area contributed by atoms with Gasteiger partial charge in [0.1, 0.15) is 19.3 Å². The molecule has 0 aromatic rings. The molecule has 0 aromatic carbocycles. The van der Waals surface area contributed by atoms with E-state index in [4.69, 9.17) is 37.0 Å². The molecular formula is C64H116O17P2. The van der Waals surface area contributed by atoms with Gasteiger partial charge in [-0.15, -0.1) is 0 Å². The van der Waals surface area contributed by atoms with Crippen molar-refractivity contribution in [3.8, 4) is 0 Å². The van der Waals surface area contributed by atoms with Gasteiger partial charge in [-0.1, -0.05) is 224 Å². The first-order valence-electron chi connectivity index (χ1n) is 32.4. The molecule has 0 spiro atoms. The third-order valence-electron chi connectivity index (χ3n) is 13.6. The number of aliphatic hydroxyl groups excluding tert-OH is 1. The number of phosphoric ester groups is 2. The molecule has 0 heterocycles. The van der Waals surface area contributed by atoms with Crippen LogP contribution < -0.4 is 0 Å². The number of aliphatic hydroxyl groups is 1. The normalized spacial score (nSPS) is 14.5. The Labute approximate surface area is 502 Å². The predicted octanol–water partition coefficient (Wildman–Crippen LogP) is 17.0. The maximum Gasteiger partial charge on any atom is 0.472 e. The Balaban J connectivity index is 5.24. The second-order valence-corrected chi connectivity index (χ2v) is 24.7. The molecular weight excluding hydrogens is 1100 g/mol. The summed E-state index contributed by atoms with van der Waals surface area (Å²) in [6, 6.07) is 0. The average Bonchev–Trinajstić information content (AvgIpc) is 3.49. The fraction of sp³-hybridized carbons (Fsp3) is 0.812. The number of esters is 4. The second kappa shape index (κ2) is 58.1. The number of carbonyl (C=O) groups is 4. The molecule has 0 bridgehead atoms. The van der Waals surface area contributed by atoms with Crippen molar-refractivity contribution < 1.29 is 80.2 Å². The molecule has 5 atom stereocenters. The van der Waals surface area contributed by atoms with E-state index < -0.39 is 97.5 Å². The largest absolute Gasteiger partial charge is 0.472 e. The Morgan fingerprint density at radius 2 is 0.578 bits per heavy atom. The summed E-state index contributed by atoms with van der Waals surface area (Å²) in [6.07, 6.45) is 49.3. The van der Waals surface area contributed by atoms with Crippen LogP contribution in [0.1, 0.15) is 278 Å². The number of rotatable bonds is 61. The van der Waals surface area contributed by atoms with Gasteiger partial charge in [-0.05, 0) is 77.0 Å². The molecule has 0 aliphatic heterocycles. The van der Waals surface area contributed by atoms with Gasteiger partial charge in [-0.25, -0.2) is 9.13 Å². The summed E-state index contributed by atoms with van der Waals surface area (Å²) in [7, 11) is -9.90. The van der Waals surface area contributed by atoms with Crippen molar-refractivity contribution >= 4 is 39.5 Å². The van der Waals surface area contributed by atoms with Crippen LogP contribution >= 0.6 is 15.6 Å². The minimum Gasteiger partial charge on any atom is -0.462 e. The van der Waals surface area contributed by atoms with Crippen LogP contribution in [-0.4, -0.2) is 96.7 Å². The van der Waals surface area contributed by atoms with E-state index in [1.54, 1.807) is 0 Å². The van der Waals surface area contributed by atoms with E-state index in [9.17, 15) is 43.2 Å². The monoisotopic (exact) mass is 1220 g/mol. The first kappa shape index (κ1) is 80.0. The molecule has 19 heteroatoms. The molecule has 0 saturated heterocycles. The fourth-order valence-corrected chi connectivity index (χ4v) is 10.1. The smallest absolute Gasteiger partial charge is 0.462 e. The Kier molecular flexibility index (Phi) is 56.0. The van der Waals surface area contributed by atoms with Crippen LogP contribution in [0.5, 0.6) is 0 Å². The highest BCUT2D eigenvalue weighted by Crippen LogP contribution is 2.45. The van der Waals surface area contributed by atoms with Crippen molar-refractivity contribution in [3.63, 3.8) is 0 Å². The molecule has 2 unspecified atom stereocenters. The Bertz CT molecular complexity index is 1790. The minimum atomic E-state index is -4.96. The standard InChI is InChI=1S/C64H116O17P2/c1-5-9-13-17-20-23-25-27-29-31-33-35-38-41-45-49-62(67)75-55-60(81-64(69)51-47-43-39-36-34-32-30-28-26-24-21-18-14-10-6-2)57-79-83(72,73)77-53-58(65)52-76-82(70,71)78-56-59(54-74-61(66)48-44-40-16-12-8-4)80-63(68)50-46-42-37-22-19-15-11-7-3/h23-30,58-60,65H,5-22,31-57H2,1-4H3,(H,70,71)(H,72,73)/b25-23-,26-24-,29-27-,30-28-/t58-,59+,60+/m0/s1. The number of unbranched alkanes of at least 4 members (excludes halogenated alkanes) is 29. The van der Waals surface area contributed by atoms with Crippen LogP contribution in [0.25, 0.3) is 0 Å². The Morgan fingerprint density at radius 3 is 0.880 bits per heavy atom. The van der Waals surface area contributed by atoms with Gasteiger partial charge in [-0.3, -0.25) is 37.3 Å². The van der Waals surface area contributed by atoms with E-state index in [1.165, 1.54) is 64.2 Å². The van der Waals surface area contributed by atoms with Crippen molar-refractivity contribution in [2.24, 2.45) is 0 Å². The summed E-state index contributed by atoms with van der Waals surface area (Å²) in [5.74, 6) is -2.21. The van der Waals surface area contributed by atoms with Gasteiger partial charge in [-0.2, -0.15) is 0 Å². The van der Waals surface area contributed by atoms with Crippen molar-refractivity contribution in [2.75, 3.05) is 39.6 Å². The first-order chi connectivity index (χ1) is 40.2. The summed E-state index contributed by atoms with van der Waals surface area (Å²) in [4.78, 5) is 71.8. The van der Waals surface area contributed by atoms with E-state index in [1.807, 2.05) is 0 Å². The van der Waals surface area contributed by atoms with E-state index in [-0.39, 0.29) is 25.7 Å². The molecule has 83 heavy (non-hydrogen) atoms. The lowest BCUT2D eigenvalue weighted by atomic mass is 10.1. The Morgan fingerprint density at radius 1 is 0.337 bits per heavy atom. The number of ether oxygens (including phenoxy) is 4. The zero-order valence-electron chi connectivity index (χ0n) is 52.1. The number of carbonyl (C=O) groups excluding carboxylic acids is 4. The molecule has 484 valence electrons. The molecule has 0 aliphatic carbocycles. The van der Waals surface area contributed by atoms with Crippen LogP contribution in [0.15, 0.2) is 48.6 Å². The molecule has 0 rings (SSSR count). The molecule has 3 N–H and O–H groups in total. The third-order valence-corrected chi connectivity index (χ3v) is 15.5. The highest BCUT2D eigenvalue weighted by atomic mass is 31.2. The number of hydrogen-bond acceptors (Lipinski definition) is 15. The van der Waals surface area contributed by atoms with Gasteiger partial charge in [0.2, 0.25) is 0 Å². The van der Waals surface area contributed by atoms with Gasteiger partial charge < -0.3 is 33.8 Å². The number of phosphoric acid groups is 2. The van der Waals surface area contributed by atoms with E-state index in [0.717, 1.165) is 135 Å². The fourth-order valence-electron chi connectivity index (χ4n) is 8.55. The van der Waals surface area contributed by atoms with Gasteiger partial charge in [0.25, 0.3) is 0 Å². The van der Waals surface area contributed by atoms with Gasteiger partial charge in [0, 0.05) is 25.7 Å². The molecule has 17 nitrogen and oxygen atoms in total. The molecule has 0 saturated carbocycles.